The third-order valence-corrected chi connectivity index (χ3v) is 5.14. The number of nitrogens with one attached hydrogen (secondary N) is 1. The lowest BCUT2D eigenvalue weighted by Crippen LogP contribution is -2.48. The Morgan fingerprint density at radius 3 is 2.68 bits per heavy atom. The van der Waals surface area contributed by atoms with Crippen LogP contribution in [0.3, 0.4) is 0 Å². The topological polar surface area (TPSA) is 106 Å². The van der Waals surface area contributed by atoms with E-state index in [2.05, 4.69) is 25.8 Å². The highest BCUT2D eigenvalue weighted by Gasteiger charge is 2.35. The van der Waals surface area contributed by atoms with Gasteiger partial charge >= 0.3 is 0 Å². The zero-order chi connectivity index (χ0) is 19.3. The summed E-state index contributed by atoms with van der Waals surface area (Å²) in [4.78, 5) is 17.1. The van der Waals surface area contributed by atoms with E-state index in [4.69, 9.17) is 0 Å². The van der Waals surface area contributed by atoms with Crippen molar-refractivity contribution in [2.75, 3.05) is 0 Å². The summed E-state index contributed by atoms with van der Waals surface area (Å²) in [6.45, 7) is 0.553. The van der Waals surface area contributed by atoms with Gasteiger partial charge in [0.1, 0.15) is 6.33 Å². The van der Waals surface area contributed by atoms with E-state index in [9.17, 15) is 9.90 Å². The minimum atomic E-state index is -0.265. The van der Waals surface area contributed by atoms with Gasteiger partial charge in [-0.3, -0.25) is 9.78 Å². The Bertz CT molecular complexity index is 892. The van der Waals surface area contributed by atoms with E-state index in [0.29, 0.717) is 31.4 Å². The number of hydrogen-bond acceptors (Lipinski definition) is 6. The van der Waals surface area contributed by atoms with Crippen LogP contribution in [0.1, 0.15) is 34.5 Å². The molecule has 28 heavy (non-hydrogen) atoms. The Morgan fingerprint density at radius 1 is 1.21 bits per heavy atom. The molecule has 4 rings (SSSR count). The third kappa shape index (κ3) is 4.40. The summed E-state index contributed by atoms with van der Waals surface area (Å²) in [6.07, 6.45) is 5.12. The second-order valence-corrected chi connectivity index (χ2v) is 7.19. The predicted molar refractivity (Wildman–Crippen MR) is 101 cm³/mol. The number of amides is 1. The molecule has 3 aromatic rings. The van der Waals surface area contributed by atoms with Crippen LogP contribution in [0.2, 0.25) is 0 Å². The molecule has 2 aromatic heterocycles. The molecule has 8 nitrogen and oxygen atoms in total. The summed E-state index contributed by atoms with van der Waals surface area (Å²) in [6, 6.07) is 13.1. The number of tetrazole rings is 1. The molecule has 1 atom stereocenters. The van der Waals surface area contributed by atoms with Gasteiger partial charge in [0.25, 0.3) is 5.91 Å². The summed E-state index contributed by atoms with van der Waals surface area (Å²) in [5.74, 6) is 0.149. The summed E-state index contributed by atoms with van der Waals surface area (Å²) in [5.41, 5.74) is 2.55. The number of hydrogen-bond donors (Lipinski definition) is 2. The summed E-state index contributed by atoms with van der Waals surface area (Å²) in [7, 11) is 0. The molecule has 0 unspecified atom stereocenters. The molecular formula is C20H22N6O2. The number of rotatable bonds is 7. The van der Waals surface area contributed by atoms with Crippen LogP contribution in [0, 0.1) is 5.92 Å². The minimum absolute atomic E-state index is 0.0494. The maximum atomic E-state index is 12.8. The Balaban J connectivity index is 1.41. The smallest absolute Gasteiger partial charge is 0.251 e. The van der Waals surface area contributed by atoms with Crippen molar-refractivity contribution < 1.29 is 9.90 Å². The van der Waals surface area contributed by atoms with Gasteiger partial charge in [-0.1, -0.05) is 18.2 Å². The summed E-state index contributed by atoms with van der Waals surface area (Å²) < 4.78 is 1.62. The highest BCUT2D eigenvalue weighted by molar-refractivity contribution is 5.94. The lowest BCUT2D eigenvalue weighted by atomic mass is 9.76. The average Bonchev–Trinajstić information content (AvgIpc) is 3.19. The summed E-state index contributed by atoms with van der Waals surface area (Å²) >= 11 is 0. The van der Waals surface area contributed by atoms with E-state index in [1.807, 2.05) is 42.5 Å². The number of benzene rings is 1. The fraction of sp³-hybridized carbons (Fsp3) is 0.350. The highest BCUT2D eigenvalue weighted by Crippen LogP contribution is 2.31. The molecule has 8 heteroatoms. The molecule has 0 spiro atoms. The fourth-order valence-electron chi connectivity index (χ4n) is 3.49. The van der Waals surface area contributed by atoms with E-state index >= 15 is 0 Å². The monoisotopic (exact) mass is 378 g/mol. The van der Waals surface area contributed by atoms with E-state index < -0.39 is 0 Å². The molecular weight excluding hydrogens is 356 g/mol. The van der Waals surface area contributed by atoms with Gasteiger partial charge < -0.3 is 10.4 Å². The van der Waals surface area contributed by atoms with Crippen LogP contribution < -0.4 is 5.32 Å². The average molecular weight is 378 g/mol. The molecule has 1 amide bonds. The third-order valence-electron chi connectivity index (χ3n) is 5.14. The van der Waals surface area contributed by atoms with Crippen molar-refractivity contribution in [1.29, 1.82) is 0 Å². The van der Waals surface area contributed by atoms with Crippen LogP contribution >= 0.6 is 0 Å². The molecule has 1 aliphatic carbocycles. The molecule has 0 saturated heterocycles. The zero-order valence-corrected chi connectivity index (χ0v) is 15.3. The van der Waals surface area contributed by atoms with Crippen LogP contribution in [-0.2, 0) is 13.0 Å². The first-order valence-corrected chi connectivity index (χ1v) is 9.36. The molecule has 0 aliphatic heterocycles. The van der Waals surface area contributed by atoms with E-state index in [-0.39, 0.29) is 24.0 Å². The van der Waals surface area contributed by atoms with Gasteiger partial charge in [-0.05, 0) is 59.0 Å². The first-order valence-electron chi connectivity index (χ1n) is 9.36. The minimum Gasteiger partial charge on any atom is -0.393 e. The van der Waals surface area contributed by atoms with Crippen molar-refractivity contribution in [3.63, 3.8) is 0 Å². The van der Waals surface area contributed by atoms with Crippen LogP contribution in [0.5, 0.6) is 0 Å². The van der Waals surface area contributed by atoms with Crippen LogP contribution in [0.4, 0.5) is 0 Å². The van der Waals surface area contributed by atoms with Crippen LogP contribution in [-0.4, -0.2) is 48.4 Å². The van der Waals surface area contributed by atoms with Crippen molar-refractivity contribution in [2.24, 2.45) is 5.92 Å². The predicted octanol–water partition coefficient (Wildman–Crippen LogP) is 1.23. The van der Waals surface area contributed by atoms with Crippen molar-refractivity contribution in [2.45, 2.75) is 38.0 Å². The highest BCUT2D eigenvalue weighted by atomic mass is 16.3. The largest absolute Gasteiger partial charge is 0.393 e. The van der Waals surface area contributed by atoms with E-state index in [1.165, 1.54) is 0 Å². The number of nitrogens with zero attached hydrogens (tertiary/aromatic N) is 5. The maximum absolute atomic E-state index is 12.8. The second kappa shape index (κ2) is 8.26. The number of pyridine rings is 1. The number of aromatic nitrogens is 5. The molecule has 0 radical (unpaired) electrons. The lowest BCUT2D eigenvalue weighted by molar-refractivity contribution is 0.0238. The van der Waals surface area contributed by atoms with Gasteiger partial charge in [0.05, 0.1) is 12.6 Å². The SMILES string of the molecule is O=C(N[C@@H](Cc1ccccn1)C1CC(O)C1)c1ccc(Cn2cnnn2)cc1. The second-order valence-electron chi connectivity index (χ2n) is 7.19. The first kappa shape index (κ1) is 18.2. The summed E-state index contributed by atoms with van der Waals surface area (Å²) in [5, 5.41) is 23.9. The number of aliphatic hydroxyl groups is 1. The van der Waals surface area contributed by atoms with Crippen molar-refractivity contribution in [3.8, 4) is 0 Å². The molecule has 1 aromatic carbocycles. The maximum Gasteiger partial charge on any atom is 0.251 e. The van der Waals surface area contributed by atoms with Gasteiger partial charge in [-0.2, -0.15) is 0 Å². The quantitative estimate of drug-likeness (QED) is 0.641. The molecule has 1 saturated carbocycles. The van der Waals surface area contributed by atoms with Gasteiger partial charge in [0.15, 0.2) is 0 Å². The molecule has 0 bridgehead atoms. The zero-order valence-electron chi connectivity index (χ0n) is 15.3. The van der Waals surface area contributed by atoms with Crippen LogP contribution in [0.15, 0.2) is 55.0 Å². The number of carbonyl (C=O) groups excluding carboxylic acids is 1. The Labute approximate surface area is 162 Å². The van der Waals surface area contributed by atoms with Crippen molar-refractivity contribution in [1.82, 2.24) is 30.5 Å². The van der Waals surface area contributed by atoms with Gasteiger partial charge in [-0.15, -0.1) is 5.10 Å². The number of carbonyl (C=O) groups is 1. The van der Waals surface area contributed by atoms with Crippen LogP contribution in [0.25, 0.3) is 0 Å². The van der Waals surface area contributed by atoms with Crippen molar-refractivity contribution in [3.05, 3.63) is 71.8 Å². The molecule has 2 heterocycles. The Hall–Kier alpha value is -3.13. The molecule has 2 N–H and O–H groups in total. The van der Waals surface area contributed by atoms with Gasteiger partial charge in [-0.25, -0.2) is 4.68 Å². The van der Waals surface area contributed by atoms with E-state index in [0.717, 1.165) is 11.3 Å². The van der Waals surface area contributed by atoms with Gasteiger partial charge in [0.2, 0.25) is 0 Å². The van der Waals surface area contributed by atoms with E-state index in [1.54, 1.807) is 17.2 Å². The standard InChI is InChI=1S/C20H22N6O2/c27-18-9-16(10-18)19(11-17-3-1-2-8-21-17)23-20(28)15-6-4-14(5-7-15)12-26-13-22-24-25-26/h1-8,13,16,18-19,27H,9-12H2,(H,23,28)/t16?,18?,19-/m0/s1. The van der Waals surface area contributed by atoms with Crippen molar-refractivity contribution >= 4 is 5.91 Å². The Kier molecular flexibility index (Phi) is 5.38. The first-order chi connectivity index (χ1) is 13.7. The normalized spacial score (nSPS) is 19.6. The lowest BCUT2D eigenvalue weighted by Gasteiger charge is -2.38. The number of aliphatic hydroxyl groups excluding tert-OH is 1. The Morgan fingerprint density at radius 2 is 2.04 bits per heavy atom. The molecule has 144 valence electrons. The molecule has 1 aliphatic rings. The fourth-order valence-corrected chi connectivity index (χ4v) is 3.49. The van der Waals surface area contributed by atoms with Gasteiger partial charge in [0, 0.05) is 29.9 Å². The molecule has 1 fully saturated rings.